The molecule has 1 aliphatic rings. The quantitative estimate of drug-likeness (QED) is 0.162. The summed E-state index contributed by atoms with van der Waals surface area (Å²) >= 11 is 1.59. The molecule has 0 aliphatic heterocycles. The van der Waals surface area contributed by atoms with E-state index in [9.17, 15) is 14.7 Å². The molecule has 0 saturated heterocycles. The lowest BCUT2D eigenvalue weighted by molar-refractivity contribution is -0.124. The highest BCUT2D eigenvalue weighted by Crippen LogP contribution is 2.49. The Labute approximate surface area is 262 Å². The second kappa shape index (κ2) is 12.8. The number of nitrogens with one attached hydrogen (secondary N) is 1. The van der Waals surface area contributed by atoms with E-state index in [2.05, 4.69) is 66.0 Å². The van der Waals surface area contributed by atoms with Crippen molar-refractivity contribution in [2.75, 3.05) is 19.3 Å². The van der Waals surface area contributed by atoms with Gasteiger partial charge in [0.15, 0.2) is 0 Å². The van der Waals surface area contributed by atoms with Crippen LogP contribution in [0.2, 0.25) is 0 Å². The SMILES string of the molecule is CNC(=O)C(CSC(c1ccccc1)(c1ccccc1)c1ccccc1)N(CC1c2ccccc2-c2ccccc21)C(=O)O. The molecule has 1 atom stereocenters. The largest absolute Gasteiger partial charge is 0.465 e. The third-order valence-corrected chi connectivity index (χ3v) is 10.1. The maximum Gasteiger partial charge on any atom is 0.408 e. The van der Waals surface area contributed by atoms with Gasteiger partial charge in [0.25, 0.3) is 0 Å². The van der Waals surface area contributed by atoms with Crippen LogP contribution in [0, 0.1) is 0 Å². The summed E-state index contributed by atoms with van der Waals surface area (Å²) in [5, 5.41) is 13.4. The maximum atomic E-state index is 13.6. The van der Waals surface area contributed by atoms with Crippen molar-refractivity contribution in [1.82, 2.24) is 10.2 Å². The van der Waals surface area contributed by atoms with Crippen molar-refractivity contribution in [1.29, 1.82) is 0 Å². The number of carboxylic acid groups (broad SMARTS) is 1. The van der Waals surface area contributed by atoms with Gasteiger partial charge in [-0.2, -0.15) is 0 Å². The fourth-order valence-corrected chi connectivity index (χ4v) is 8.09. The Morgan fingerprint density at radius 3 is 1.52 bits per heavy atom. The second-order valence-corrected chi connectivity index (χ2v) is 12.1. The normalized spacial score (nSPS) is 13.0. The van der Waals surface area contributed by atoms with Gasteiger partial charge in [-0.05, 0) is 38.9 Å². The summed E-state index contributed by atoms with van der Waals surface area (Å²) in [6.07, 6.45) is -1.12. The molecule has 0 spiro atoms. The van der Waals surface area contributed by atoms with Gasteiger partial charge in [-0.15, -0.1) is 11.8 Å². The predicted molar refractivity (Wildman–Crippen MR) is 178 cm³/mol. The molecule has 6 rings (SSSR count). The Hall–Kier alpha value is -4.81. The van der Waals surface area contributed by atoms with E-state index in [0.29, 0.717) is 0 Å². The lowest BCUT2D eigenvalue weighted by atomic mass is 9.84. The van der Waals surface area contributed by atoms with Crippen molar-refractivity contribution in [2.45, 2.75) is 16.7 Å². The van der Waals surface area contributed by atoms with Gasteiger partial charge in [0.2, 0.25) is 5.91 Å². The molecule has 0 aromatic heterocycles. The van der Waals surface area contributed by atoms with E-state index in [-0.39, 0.29) is 24.1 Å². The Kier molecular flexibility index (Phi) is 8.53. The molecule has 0 fully saturated rings. The Bertz CT molecular complexity index is 1600. The van der Waals surface area contributed by atoms with Gasteiger partial charge in [-0.1, -0.05) is 140 Å². The maximum absolute atomic E-state index is 13.6. The van der Waals surface area contributed by atoms with Crippen LogP contribution < -0.4 is 5.32 Å². The van der Waals surface area contributed by atoms with Crippen LogP contribution in [0.15, 0.2) is 140 Å². The first kappa shape index (κ1) is 29.3. The molecule has 0 radical (unpaired) electrons. The van der Waals surface area contributed by atoms with Gasteiger partial charge in [-0.25, -0.2) is 4.79 Å². The summed E-state index contributed by atoms with van der Waals surface area (Å²) in [6, 6.07) is 46.0. The average Bonchev–Trinajstić information content (AvgIpc) is 3.40. The van der Waals surface area contributed by atoms with Gasteiger partial charge < -0.3 is 10.4 Å². The highest BCUT2D eigenvalue weighted by atomic mass is 32.2. The van der Waals surface area contributed by atoms with Crippen LogP contribution in [0.5, 0.6) is 0 Å². The Morgan fingerprint density at radius 1 is 0.705 bits per heavy atom. The monoisotopic (exact) mass is 598 g/mol. The smallest absolute Gasteiger partial charge is 0.408 e. The summed E-state index contributed by atoms with van der Waals surface area (Å²) in [6.45, 7) is 0.164. The van der Waals surface area contributed by atoms with Crippen molar-refractivity contribution in [3.8, 4) is 11.1 Å². The van der Waals surface area contributed by atoms with E-state index < -0.39 is 16.9 Å². The molecule has 1 unspecified atom stereocenters. The number of carbonyl (C=O) groups excluding carboxylic acids is 1. The number of carbonyl (C=O) groups is 2. The molecule has 5 nitrogen and oxygen atoms in total. The molecule has 220 valence electrons. The van der Waals surface area contributed by atoms with Gasteiger partial charge in [0, 0.05) is 25.3 Å². The van der Waals surface area contributed by atoms with E-state index in [1.165, 1.54) is 4.90 Å². The van der Waals surface area contributed by atoms with E-state index in [1.807, 2.05) is 78.9 Å². The predicted octanol–water partition coefficient (Wildman–Crippen LogP) is 7.62. The second-order valence-electron chi connectivity index (χ2n) is 10.9. The Balaban J connectivity index is 1.42. The van der Waals surface area contributed by atoms with E-state index >= 15 is 0 Å². The molecule has 5 aromatic rings. The summed E-state index contributed by atoms with van der Waals surface area (Å²) in [4.78, 5) is 28.0. The fraction of sp³-hybridized carbons (Fsp3) is 0.158. The number of fused-ring (bicyclic) bond motifs is 3. The molecule has 1 aliphatic carbocycles. The van der Waals surface area contributed by atoms with Crippen LogP contribution in [-0.2, 0) is 9.54 Å². The van der Waals surface area contributed by atoms with Gasteiger partial charge >= 0.3 is 6.09 Å². The first-order valence-electron chi connectivity index (χ1n) is 14.7. The molecule has 2 N–H and O–H groups in total. The standard InChI is InChI=1S/C38H34N2O3S/c1-39-36(41)35(40(37(42)43)25-34-32-23-13-11-21-30(32)31-22-12-14-24-33(31)34)26-44-38(27-15-5-2-6-16-27,28-17-7-3-8-18-28)29-19-9-4-10-20-29/h2-24,34-35H,25-26H2,1H3,(H,39,41)(H,42,43). The number of thioether (sulfide) groups is 1. The highest BCUT2D eigenvalue weighted by Gasteiger charge is 2.41. The summed E-state index contributed by atoms with van der Waals surface area (Å²) in [5.41, 5.74) is 7.54. The lowest BCUT2D eigenvalue weighted by Gasteiger charge is -2.38. The number of hydrogen-bond acceptors (Lipinski definition) is 3. The zero-order valence-electron chi connectivity index (χ0n) is 24.5. The minimum atomic E-state index is -1.12. The molecule has 2 amide bonds. The van der Waals surface area contributed by atoms with E-state index in [0.717, 1.165) is 38.9 Å². The van der Waals surface area contributed by atoms with Crippen LogP contribution in [0.1, 0.15) is 33.7 Å². The minimum Gasteiger partial charge on any atom is -0.465 e. The van der Waals surface area contributed by atoms with Crippen LogP contribution >= 0.6 is 11.8 Å². The number of benzene rings is 5. The topological polar surface area (TPSA) is 69.6 Å². The first-order valence-corrected chi connectivity index (χ1v) is 15.7. The average molecular weight is 599 g/mol. The fourth-order valence-electron chi connectivity index (χ4n) is 6.44. The molecule has 0 saturated carbocycles. The number of rotatable bonds is 10. The number of nitrogens with zero attached hydrogens (tertiary/aromatic N) is 1. The van der Waals surface area contributed by atoms with Gasteiger partial charge in [0.05, 0.1) is 4.75 Å². The van der Waals surface area contributed by atoms with Gasteiger partial charge in [0.1, 0.15) is 6.04 Å². The molecule has 0 bridgehead atoms. The third kappa shape index (κ3) is 5.38. The molecule has 5 aromatic carbocycles. The van der Waals surface area contributed by atoms with Gasteiger partial charge in [-0.3, -0.25) is 9.69 Å². The zero-order valence-corrected chi connectivity index (χ0v) is 25.3. The van der Waals surface area contributed by atoms with E-state index in [1.54, 1.807) is 18.8 Å². The lowest BCUT2D eigenvalue weighted by Crippen LogP contribution is -2.51. The van der Waals surface area contributed by atoms with Crippen molar-refractivity contribution in [3.05, 3.63) is 167 Å². The molecule has 6 heteroatoms. The number of amides is 2. The summed E-state index contributed by atoms with van der Waals surface area (Å²) in [5.74, 6) is -0.277. The van der Waals surface area contributed by atoms with Crippen LogP contribution in [0.3, 0.4) is 0 Å². The summed E-state index contributed by atoms with van der Waals surface area (Å²) < 4.78 is -0.688. The van der Waals surface area contributed by atoms with Crippen molar-refractivity contribution in [2.24, 2.45) is 0 Å². The van der Waals surface area contributed by atoms with E-state index in [4.69, 9.17) is 0 Å². The highest BCUT2D eigenvalue weighted by molar-refractivity contribution is 8.00. The van der Waals surface area contributed by atoms with Crippen LogP contribution in [-0.4, -0.2) is 47.4 Å². The number of hydrogen-bond donors (Lipinski definition) is 2. The number of likely N-dealkylation sites (N-methyl/N-ethyl adjacent to an activating group) is 1. The first-order chi connectivity index (χ1) is 21.5. The minimum absolute atomic E-state index is 0.164. The molecule has 0 heterocycles. The molecular weight excluding hydrogens is 564 g/mol. The van der Waals surface area contributed by atoms with Crippen molar-refractivity contribution < 1.29 is 14.7 Å². The van der Waals surface area contributed by atoms with Crippen molar-refractivity contribution >= 4 is 23.8 Å². The summed E-state index contributed by atoms with van der Waals surface area (Å²) in [7, 11) is 1.57. The molecular formula is C38H34N2O3S. The Morgan fingerprint density at radius 2 is 1.11 bits per heavy atom. The third-order valence-electron chi connectivity index (χ3n) is 8.51. The van der Waals surface area contributed by atoms with Crippen LogP contribution in [0.4, 0.5) is 4.79 Å². The molecule has 44 heavy (non-hydrogen) atoms. The van der Waals surface area contributed by atoms with Crippen LogP contribution in [0.25, 0.3) is 11.1 Å². The zero-order chi connectivity index (χ0) is 30.5. The van der Waals surface area contributed by atoms with Crippen molar-refractivity contribution in [3.63, 3.8) is 0 Å².